The second-order valence-electron chi connectivity index (χ2n) is 6.41. The van der Waals surface area contributed by atoms with Crippen molar-refractivity contribution in [3.05, 3.63) is 24.0 Å². The summed E-state index contributed by atoms with van der Waals surface area (Å²) in [6.45, 7) is 2.87. The summed E-state index contributed by atoms with van der Waals surface area (Å²) in [7, 11) is 0. The predicted octanol–water partition coefficient (Wildman–Crippen LogP) is 2.79. The lowest BCUT2D eigenvalue weighted by Crippen LogP contribution is -2.19. The Kier molecular flexibility index (Phi) is 3.74. The smallest absolute Gasteiger partial charge is 0.137 e. The zero-order chi connectivity index (χ0) is 13.2. The maximum Gasteiger partial charge on any atom is 0.137 e. The van der Waals surface area contributed by atoms with Gasteiger partial charge in [0, 0.05) is 18.2 Å². The topological polar surface area (TPSA) is 48.1 Å². The second kappa shape index (κ2) is 5.49. The third kappa shape index (κ3) is 3.08. The van der Waals surface area contributed by atoms with Gasteiger partial charge in [-0.25, -0.2) is 0 Å². The molecule has 3 nitrogen and oxygen atoms in total. The summed E-state index contributed by atoms with van der Waals surface area (Å²) in [6.07, 6.45) is 8.36. The van der Waals surface area contributed by atoms with Crippen LogP contribution in [0.2, 0.25) is 0 Å². The summed E-state index contributed by atoms with van der Waals surface area (Å²) in [5.41, 5.74) is 6.81. The molecule has 0 saturated heterocycles. The van der Waals surface area contributed by atoms with Gasteiger partial charge in [-0.2, -0.15) is 0 Å². The van der Waals surface area contributed by atoms with E-state index in [4.69, 9.17) is 10.5 Å². The van der Waals surface area contributed by atoms with E-state index >= 15 is 0 Å². The van der Waals surface area contributed by atoms with Gasteiger partial charge in [0.1, 0.15) is 5.75 Å². The number of aromatic nitrogens is 1. The van der Waals surface area contributed by atoms with E-state index in [0.29, 0.717) is 0 Å². The first kappa shape index (κ1) is 12.9. The fourth-order valence-electron chi connectivity index (χ4n) is 3.73. The Hall–Kier alpha value is -1.09. The highest BCUT2D eigenvalue weighted by Gasteiger charge is 2.39. The molecule has 0 aliphatic heterocycles. The molecular formula is C16H24N2O. The van der Waals surface area contributed by atoms with E-state index in [1.54, 1.807) is 0 Å². The van der Waals surface area contributed by atoms with Crippen molar-refractivity contribution < 1.29 is 4.74 Å². The number of hydrogen-bond acceptors (Lipinski definition) is 3. The van der Waals surface area contributed by atoms with Crippen molar-refractivity contribution in [2.24, 2.45) is 23.5 Å². The highest BCUT2D eigenvalue weighted by Crippen LogP contribution is 2.48. The Bertz CT molecular complexity index is 415. The van der Waals surface area contributed by atoms with Crippen molar-refractivity contribution in [2.45, 2.75) is 45.1 Å². The molecule has 3 rings (SSSR count). The second-order valence-corrected chi connectivity index (χ2v) is 6.41. The van der Waals surface area contributed by atoms with Crippen LogP contribution >= 0.6 is 0 Å². The van der Waals surface area contributed by atoms with E-state index in [2.05, 4.69) is 4.98 Å². The van der Waals surface area contributed by atoms with Crippen LogP contribution in [0.4, 0.5) is 0 Å². The number of ether oxygens (including phenoxy) is 1. The molecule has 4 atom stereocenters. The zero-order valence-corrected chi connectivity index (χ0v) is 11.7. The summed E-state index contributed by atoms with van der Waals surface area (Å²) >= 11 is 0. The zero-order valence-electron chi connectivity index (χ0n) is 11.7. The first-order valence-corrected chi connectivity index (χ1v) is 7.54. The molecule has 2 aliphatic carbocycles. The van der Waals surface area contributed by atoms with Gasteiger partial charge in [-0.05, 0) is 56.1 Å². The first-order chi connectivity index (χ1) is 9.20. The minimum absolute atomic E-state index is 0.160. The molecule has 2 fully saturated rings. The van der Waals surface area contributed by atoms with Gasteiger partial charge < -0.3 is 10.5 Å². The third-order valence-corrected chi connectivity index (χ3v) is 4.68. The number of nitrogens with two attached hydrogens (primary N) is 1. The average molecular weight is 260 g/mol. The van der Waals surface area contributed by atoms with Gasteiger partial charge in [0.25, 0.3) is 0 Å². The van der Waals surface area contributed by atoms with Gasteiger partial charge in [-0.1, -0.05) is 6.42 Å². The van der Waals surface area contributed by atoms with E-state index in [1.165, 1.54) is 25.7 Å². The molecule has 19 heavy (non-hydrogen) atoms. The molecular weight excluding hydrogens is 236 g/mol. The fourth-order valence-corrected chi connectivity index (χ4v) is 3.73. The number of fused-ring (bicyclic) bond motifs is 2. The molecule has 0 aromatic carbocycles. The van der Waals surface area contributed by atoms with Gasteiger partial charge in [0.05, 0.1) is 12.8 Å². The number of rotatable bonds is 5. The van der Waals surface area contributed by atoms with Crippen LogP contribution in [0.1, 0.15) is 38.3 Å². The van der Waals surface area contributed by atoms with Crippen molar-refractivity contribution in [1.82, 2.24) is 4.98 Å². The summed E-state index contributed by atoms with van der Waals surface area (Å²) in [6, 6.07) is 4.21. The Labute approximate surface area is 115 Å². The van der Waals surface area contributed by atoms with Gasteiger partial charge >= 0.3 is 0 Å². The largest absolute Gasteiger partial charge is 0.492 e. The minimum Gasteiger partial charge on any atom is -0.492 e. The predicted molar refractivity (Wildman–Crippen MR) is 76.0 cm³/mol. The van der Waals surface area contributed by atoms with Crippen LogP contribution in [0.25, 0.3) is 0 Å². The quantitative estimate of drug-likeness (QED) is 0.885. The van der Waals surface area contributed by atoms with E-state index in [9.17, 15) is 0 Å². The molecule has 1 aromatic rings. The van der Waals surface area contributed by atoms with Gasteiger partial charge in [-0.15, -0.1) is 0 Å². The minimum atomic E-state index is 0.160. The number of nitrogens with zero attached hydrogens (tertiary/aromatic N) is 1. The Morgan fingerprint density at radius 1 is 1.37 bits per heavy atom. The highest BCUT2D eigenvalue weighted by atomic mass is 16.5. The van der Waals surface area contributed by atoms with Crippen LogP contribution in [0.15, 0.2) is 18.3 Å². The molecule has 3 heteroatoms. The number of pyridine rings is 1. The monoisotopic (exact) mass is 260 g/mol. The maximum atomic E-state index is 5.91. The van der Waals surface area contributed by atoms with Gasteiger partial charge in [0.2, 0.25) is 0 Å². The molecule has 2 saturated carbocycles. The van der Waals surface area contributed by atoms with Crippen molar-refractivity contribution in [1.29, 1.82) is 0 Å². The van der Waals surface area contributed by atoms with E-state index in [-0.39, 0.29) is 6.04 Å². The first-order valence-electron chi connectivity index (χ1n) is 7.54. The van der Waals surface area contributed by atoms with Crippen molar-refractivity contribution in [3.63, 3.8) is 0 Å². The SMILES string of the molecule is CC(N)Cc1ccc(OCC2CC3CCC2C3)cn1. The molecule has 1 aromatic heterocycles. The van der Waals surface area contributed by atoms with Gasteiger partial charge in [-0.3, -0.25) is 4.98 Å². The highest BCUT2D eigenvalue weighted by molar-refractivity contribution is 5.20. The van der Waals surface area contributed by atoms with Crippen LogP contribution < -0.4 is 10.5 Å². The Balaban J connectivity index is 1.50. The Morgan fingerprint density at radius 3 is 2.84 bits per heavy atom. The molecule has 2 aliphatic rings. The molecule has 0 radical (unpaired) electrons. The van der Waals surface area contributed by atoms with Crippen LogP contribution in [0, 0.1) is 17.8 Å². The van der Waals surface area contributed by atoms with Crippen LogP contribution in [-0.4, -0.2) is 17.6 Å². The van der Waals surface area contributed by atoms with Crippen molar-refractivity contribution >= 4 is 0 Å². The molecule has 104 valence electrons. The Morgan fingerprint density at radius 2 is 2.26 bits per heavy atom. The average Bonchev–Trinajstić information content (AvgIpc) is 2.99. The summed E-state index contributed by atoms with van der Waals surface area (Å²) in [5, 5.41) is 0. The fraction of sp³-hybridized carbons (Fsp3) is 0.688. The summed E-state index contributed by atoms with van der Waals surface area (Å²) in [5.74, 6) is 3.60. The van der Waals surface area contributed by atoms with Crippen molar-refractivity contribution in [2.75, 3.05) is 6.61 Å². The lowest BCUT2D eigenvalue weighted by Gasteiger charge is -2.21. The van der Waals surface area contributed by atoms with E-state index in [1.807, 2.05) is 25.3 Å². The lowest BCUT2D eigenvalue weighted by atomic mass is 9.90. The number of hydrogen-bond donors (Lipinski definition) is 1. The maximum absolute atomic E-state index is 5.91. The summed E-state index contributed by atoms with van der Waals surface area (Å²) in [4.78, 5) is 4.41. The van der Waals surface area contributed by atoms with Crippen LogP contribution in [0.5, 0.6) is 5.75 Å². The molecule has 2 bridgehead atoms. The standard InChI is InChI=1S/C16H24N2O/c1-11(17)6-15-4-5-16(9-18-15)19-10-14-8-12-2-3-13(14)7-12/h4-5,9,11-14H,2-3,6-8,10,17H2,1H3. The van der Waals surface area contributed by atoms with Gasteiger partial charge in [0.15, 0.2) is 0 Å². The molecule has 2 N–H and O–H groups in total. The molecule has 0 amide bonds. The van der Waals surface area contributed by atoms with Crippen molar-refractivity contribution in [3.8, 4) is 5.75 Å². The molecule has 4 unspecified atom stereocenters. The van der Waals surface area contributed by atoms with Crippen LogP contribution in [-0.2, 0) is 6.42 Å². The van der Waals surface area contributed by atoms with E-state index in [0.717, 1.165) is 42.2 Å². The summed E-state index contributed by atoms with van der Waals surface area (Å²) < 4.78 is 5.91. The molecule has 1 heterocycles. The van der Waals surface area contributed by atoms with Crippen LogP contribution in [0.3, 0.4) is 0 Å². The van der Waals surface area contributed by atoms with E-state index < -0.39 is 0 Å². The lowest BCUT2D eigenvalue weighted by molar-refractivity contribution is 0.194. The third-order valence-electron chi connectivity index (χ3n) is 4.68. The molecule has 0 spiro atoms. The normalized spacial score (nSPS) is 30.5.